The van der Waals surface area contributed by atoms with Gasteiger partial charge in [-0.3, -0.25) is 14.6 Å². The monoisotopic (exact) mass is 453 g/mol. The molecule has 0 saturated carbocycles. The second-order valence-electron chi connectivity index (χ2n) is 7.83. The Balaban J connectivity index is 1.50. The quantitative estimate of drug-likeness (QED) is 0.645. The van der Waals surface area contributed by atoms with Crippen LogP contribution in [0.25, 0.3) is 0 Å². The van der Waals surface area contributed by atoms with Crippen LogP contribution in [0.15, 0.2) is 52.4 Å². The highest BCUT2D eigenvalue weighted by molar-refractivity contribution is 6.31. The van der Waals surface area contributed by atoms with Crippen molar-refractivity contribution in [3.05, 3.63) is 58.6 Å². The van der Waals surface area contributed by atoms with Crippen LogP contribution >= 0.6 is 11.6 Å². The van der Waals surface area contributed by atoms with Gasteiger partial charge in [0, 0.05) is 47.3 Å². The second-order valence-corrected chi connectivity index (χ2v) is 8.27. The van der Waals surface area contributed by atoms with E-state index in [2.05, 4.69) is 20.9 Å². The molecule has 0 aromatic heterocycles. The Kier molecular flexibility index (Phi) is 6.53. The maximum atomic E-state index is 12.3. The van der Waals surface area contributed by atoms with Crippen molar-refractivity contribution in [3.8, 4) is 0 Å². The van der Waals surface area contributed by atoms with E-state index in [-0.39, 0.29) is 23.8 Å². The number of carbonyl (C=O) groups excluding carboxylic acids is 2. The second kappa shape index (κ2) is 9.50. The fourth-order valence-electron chi connectivity index (χ4n) is 3.73. The van der Waals surface area contributed by atoms with Gasteiger partial charge in [0.05, 0.1) is 24.6 Å². The highest BCUT2D eigenvalue weighted by Crippen LogP contribution is 2.30. The molecule has 0 bridgehead atoms. The van der Waals surface area contributed by atoms with Crippen LogP contribution in [0.5, 0.6) is 0 Å². The van der Waals surface area contributed by atoms with E-state index in [1.54, 1.807) is 43.5 Å². The third-order valence-electron chi connectivity index (χ3n) is 5.24. The molecule has 0 radical (unpaired) electrons. The predicted octanol–water partition coefficient (Wildman–Crippen LogP) is 3.33. The first-order chi connectivity index (χ1) is 15.4. The minimum absolute atomic E-state index is 0.0793. The molecule has 166 valence electrons. The number of benzene rings is 2. The summed E-state index contributed by atoms with van der Waals surface area (Å²) in [5, 5.41) is 9.52. The Morgan fingerprint density at radius 2 is 2.06 bits per heavy atom. The number of nitrogens with one attached hydrogen (secondary N) is 3. The number of hydrogen-bond acceptors (Lipinski definition) is 6. The highest BCUT2D eigenvalue weighted by Gasteiger charge is 2.30. The molecule has 8 nitrogen and oxygen atoms in total. The first-order valence-corrected chi connectivity index (χ1v) is 10.7. The molecule has 4 rings (SSSR count). The molecule has 0 saturated heterocycles. The van der Waals surface area contributed by atoms with E-state index in [1.165, 1.54) is 0 Å². The largest absolute Gasteiger partial charge is 0.383 e. The molecular weight excluding hydrogens is 430 g/mol. The molecule has 2 aromatic rings. The van der Waals surface area contributed by atoms with Gasteiger partial charge in [-0.15, -0.1) is 0 Å². The van der Waals surface area contributed by atoms with E-state index >= 15 is 0 Å². The van der Waals surface area contributed by atoms with E-state index in [0.29, 0.717) is 41.8 Å². The smallest absolute Gasteiger partial charge is 0.251 e. The zero-order valence-corrected chi connectivity index (χ0v) is 18.6. The first-order valence-electron chi connectivity index (χ1n) is 10.3. The summed E-state index contributed by atoms with van der Waals surface area (Å²) in [6.07, 6.45) is 0.313. The Morgan fingerprint density at radius 3 is 2.81 bits per heavy atom. The highest BCUT2D eigenvalue weighted by atomic mass is 35.5. The number of aliphatic imine (C=N–C) groups is 2. The van der Waals surface area contributed by atoms with Gasteiger partial charge in [0.1, 0.15) is 0 Å². The number of anilines is 2. The summed E-state index contributed by atoms with van der Waals surface area (Å²) in [6.45, 7) is 2.78. The Morgan fingerprint density at radius 1 is 1.28 bits per heavy atom. The lowest BCUT2D eigenvalue weighted by molar-refractivity contribution is -0.116. The number of hydrogen-bond donors (Lipinski definition) is 3. The molecule has 2 atom stereocenters. The number of carbonyl (C=O) groups is 2. The number of guanidine groups is 1. The van der Waals surface area contributed by atoms with Crippen LogP contribution in [-0.2, 0) is 9.53 Å². The molecular formula is C23H24ClN5O3. The van der Waals surface area contributed by atoms with E-state index in [9.17, 15) is 9.59 Å². The molecule has 0 spiro atoms. The molecule has 2 aliphatic heterocycles. The van der Waals surface area contributed by atoms with E-state index in [0.717, 1.165) is 17.0 Å². The summed E-state index contributed by atoms with van der Waals surface area (Å²) in [4.78, 5) is 33.8. The number of amides is 2. The van der Waals surface area contributed by atoms with Crippen LogP contribution in [-0.4, -0.2) is 49.8 Å². The van der Waals surface area contributed by atoms with Crippen molar-refractivity contribution >= 4 is 46.5 Å². The maximum Gasteiger partial charge on any atom is 0.251 e. The summed E-state index contributed by atoms with van der Waals surface area (Å²) in [5.74, 6) is 0.120. The molecule has 2 unspecified atom stereocenters. The van der Waals surface area contributed by atoms with Crippen molar-refractivity contribution in [3.63, 3.8) is 0 Å². The number of methoxy groups -OCH3 is 1. The van der Waals surface area contributed by atoms with Gasteiger partial charge in [-0.25, -0.2) is 4.99 Å². The van der Waals surface area contributed by atoms with Gasteiger partial charge < -0.3 is 20.7 Å². The third kappa shape index (κ3) is 4.98. The number of fused-ring (bicyclic) bond motifs is 3. The molecule has 0 aliphatic carbocycles. The average molecular weight is 454 g/mol. The van der Waals surface area contributed by atoms with Crippen LogP contribution in [0, 0.1) is 5.92 Å². The Labute approximate surface area is 191 Å². The molecule has 3 N–H and O–H groups in total. The Bertz CT molecular complexity index is 1100. The van der Waals surface area contributed by atoms with E-state index < -0.39 is 0 Å². The van der Waals surface area contributed by atoms with Gasteiger partial charge in [-0.05, 0) is 49.4 Å². The van der Waals surface area contributed by atoms with Gasteiger partial charge in [0.2, 0.25) is 11.9 Å². The van der Waals surface area contributed by atoms with Crippen molar-refractivity contribution in [2.45, 2.75) is 19.4 Å². The maximum absolute atomic E-state index is 12.3. The minimum atomic E-state index is -0.162. The molecule has 2 aromatic carbocycles. The zero-order chi connectivity index (χ0) is 22.7. The third-order valence-corrected chi connectivity index (χ3v) is 5.47. The number of rotatable bonds is 5. The van der Waals surface area contributed by atoms with Crippen LogP contribution in [0.2, 0.25) is 5.02 Å². The van der Waals surface area contributed by atoms with Gasteiger partial charge in [0.25, 0.3) is 5.91 Å². The fraction of sp³-hybridized carbons (Fsp3) is 0.304. The van der Waals surface area contributed by atoms with Gasteiger partial charge in [-0.1, -0.05) is 11.6 Å². The lowest BCUT2D eigenvalue weighted by Gasteiger charge is -2.20. The van der Waals surface area contributed by atoms with Crippen molar-refractivity contribution in [2.24, 2.45) is 15.9 Å². The fourth-order valence-corrected chi connectivity index (χ4v) is 3.91. The molecule has 0 fully saturated rings. The van der Waals surface area contributed by atoms with Crippen LogP contribution in [0.1, 0.15) is 29.3 Å². The lowest BCUT2D eigenvalue weighted by Crippen LogP contribution is -2.35. The standard InChI is InChI=1S/C23H24ClN5O3/c1-13(12-32-2)26-22(31)14-3-6-17(7-4-14)27-23-25-11-15-9-20(30)28-19-10-16(24)5-8-18(19)21(15)29-23/h3-8,10,13,15H,9,11-12H2,1-2H3,(H,25,27)(H,26,31)(H,28,30). The summed E-state index contributed by atoms with van der Waals surface area (Å²) >= 11 is 6.11. The van der Waals surface area contributed by atoms with Crippen molar-refractivity contribution < 1.29 is 14.3 Å². The molecule has 2 aliphatic rings. The van der Waals surface area contributed by atoms with Crippen LogP contribution < -0.4 is 16.0 Å². The average Bonchev–Trinajstić information content (AvgIpc) is 2.89. The normalized spacial score (nSPS) is 18.2. The molecule has 2 heterocycles. The zero-order valence-electron chi connectivity index (χ0n) is 17.8. The summed E-state index contributed by atoms with van der Waals surface area (Å²) in [6, 6.07) is 12.4. The lowest BCUT2D eigenvalue weighted by atomic mass is 9.93. The summed E-state index contributed by atoms with van der Waals surface area (Å²) < 4.78 is 5.04. The van der Waals surface area contributed by atoms with E-state index in [4.69, 9.17) is 21.3 Å². The number of nitrogens with zero attached hydrogens (tertiary/aromatic N) is 2. The predicted molar refractivity (Wildman–Crippen MR) is 126 cm³/mol. The minimum Gasteiger partial charge on any atom is -0.383 e. The van der Waals surface area contributed by atoms with Crippen molar-refractivity contribution in [2.75, 3.05) is 30.9 Å². The topological polar surface area (TPSA) is 104 Å². The Hall–Kier alpha value is -3.23. The van der Waals surface area contributed by atoms with Gasteiger partial charge in [-0.2, -0.15) is 0 Å². The van der Waals surface area contributed by atoms with Gasteiger partial charge >= 0.3 is 0 Å². The SMILES string of the molecule is COCC(C)NC(=O)c1ccc(NC2=NCC3CC(=O)Nc4cc(Cl)ccc4C3=N2)cc1. The first kappa shape index (κ1) is 22.0. The summed E-state index contributed by atoms with van der Waals surface area (Å²) in [7, 11) is 1.60. The van der Waals surface area contributed by atoms with Crippen LogP contribution in [0.3, 0.4) is 0 Å². The number of ether oxygens (including phenoxy) is 1. The molecule has 32 heavy (non-hydrogen) atoms. The van der Waals surface area contributed by atoms with Crippen LogP contribution in [0.4, 0.5) is 11.4 Å². The molecule has 2 amide bonds. The van der Waals surface area contributed by atoms with E-state index in [1.807, 2.05) is 13.0 Å². The summed E-state index contributed by atoms with van der Waals surface area (Å²) in [5.41, 5.74) is 3.61. The van der Waals surface area contributed by atoms with Gasteiger partial charge in [0.15, 0.2) is 0 Å². The van der Waals surface area contributed by atoms with Crippen molar-refractivity contribution in [1.82, 2.24) is 5.32 Å². The van der Waals surface area contributed by atoms with Crippen molar-refractivity contribution in [1.29, 1.82) is 0 Å². The number of halogens is 1. The molecule has 9 heteroatoms.